The van der Waals surface area contributed by atoms with Gasteiger partial charge in [0, 0.05) is 17.8 Å². The highest BCUT2D eigenvalue weighted by atomic mass is 16.5. The van der Waals surface area contributed by atoms with E-state index in [-0.39, 0.29) is 6.10 Å². The average Bonchev–Trinajstić information content (AvgIpc) is 2.86. The Hall–Kier alpha value is -2.01. The number of ether oxygens (including phenoxy) is 2. The van der Waals surface area contributed by atoms with Crippen molar-refractivity contribution in [2.45, 2.75) is 33.4 Å². The quantitative estimate of drug-likeness (QED) is 0.822. The van der Waals surface area contributed by atoms with Crippen LogP contribution in [0.4, 0.5) is 0 Å². The number of aromatic amines is 1. The van der Waals surface area contributed by atoms with Crippen molar-refractivity contribution in [2.75, 3.05) is 13.7 Å². The fourth-order valence-corrected chi connectivity index (χ4v) is 2.24. The molecule has 1 atom stereocenters. The lowest BCUT2D eigenvalue weighted by Gasteiger charge is -2.16. The molecule has 114 valence electrons. The van der Waals surface area contributed by atoms with E-state index in [4.69, 9.17) is 9.47 Å². The number of nitrogens with zero attached hydrogens (tertiary/aromatic N) is 1. The third-order valence-corrected chi connectivity index (χ3v) is 3.42. The van der Waals surface area contributed by atoms with Crippen LogP contribution < -0.4 is 14.8 Å². The summed E-state index contributed by atoms with van der Waals surface area (Å²) >= 11 is 0. The van der Waals surface area contributed by atoms with E-state index in [0.29, 0.717) is 0 Å². The Kier molecular flexibility index (Phi) is 5.22. The zero-order valence-electron chi connectivity index (χ0n) is 13.1. The van der Waals surface area contributed by atoms with Crippen molar-refractivity contribution < 1.29 is 9.47 Å². The molecule has 5 nitrogen and oxygen atoms in total. The molecule has 0 spiro atoms. The number of hydrogen-bond acceptors (Lipinski definition) is 4. The molecule has 21 heavy (non-hydrogen) atoms. The van der Waals surface area contributed by atoms with Gasteiger partial charge in [-0.05, 0) is 32.5 Å². The van der Waals surface area contributed by atoms with Gasteiger partial charge in [-0.25, -0.2) is 0 Å². The van der Waals surface area contributed by atoms with Crippen LogP contribution in [0.2, 0.25) is 0 Å². The van der Waals surface area contributed by atoms with Gasteiger partial charge < -0.3 is 14.8 Å². The van der Waals surface area contributed by atoms with Crippen molar-refractivity contribution in [1.29, 1.82) is 0 Å². The third-order valence-electron chi connectivity index (χ3n) is 3.42. The Morgan fingerprint density at radius 3 is 2.67 bits per heavy atom. The van der Waals surface area contributed by atoms with Crippen LogP contribution in [-0.4, -0.2) is 23.9 Å². The molecule has 1 aromatic carbocycles. The van der Waals surface area contributed by atoms with Crippen LogP contribution in [0.5, 0.6) is 11.5 Å². The maximum Gasteiger partial charge on any atom is 0.162 e. The van der Waals surface area contributed by atoms with Gasteiger partial charge in [0.05, 0.1) is 7.11 Å². The smallest absolute Gasteiger partial charge is 0.162 e. The predicted octanol–water partition coefficient (Wildman–Crippen LogP) is 2.98. The lowest BCUT2D eigenvalue weighted by Crippen LogP contribution is -2.15. The minimum atomic E-state index is -0.153. The number of nitrogens with one attached hydrogen (secondary N) is 2. The normalized spacial score (nSPS) is 12.2. The van der Waals surface area contributed by atoms with Gasteiger partial charge in [0.25, 0.3) is 0 Å². The van der Waals surface area contributed by atoms with Gasteiger partial charge in [-0.3, -0.25) is 5.10 Å². The Morgan fingerprint density at radius 2 is 2.00 bits per heavy atom. The Morgan fingerprint density at radius 1 is 1.29 bits per heavy atom. The number of aryl methyl sites for hydroxylation is 1. The van der Waals surface area contributed by atoms with E-state index in [0.717, 1.165) is 36.0 Å². The summed E-state index contributed by atoms with van der Waals surface area (Å²) in [5.74, 6) is 1.45. The number of para-hydroxylation sites is 2. The Labute approximate surface area is 125 Å². The summed E-state index contributed by atoms with van der Waals surface area (Å²) in [7, 11) is 1.64. The van der Waals surface area contributed by atoms with Crippen LogP contribution in [0.25, 0.3) is 0 Å². The largest absolute Gasteiger partial charge is 0.493 e. The molecule has 2 aromatic rings. The molecule has 0 saturated heterocycles. The van der Waals surface area contributed by atoms with Crippen LogP contribution in [0.1, 0.15) is 36.9 Å². The highest BCUT2D eigenvalue weighted by Crippen LogP contribution is 2.31. The first-order valence-electron chi connectivity index (χ1n) is 7.21. The highest BCUT2D eigenvalue weighted by molar-refractivity contribution is 5.40. The molecule has 0 aliphatic heterocycles. The molecule has 0 bridgehead atoms. The molecule has 0 fully saturated rings. The van der Waals surface area contributed by atoms with Crippen LogP contribution in [0.3, 0.4) is 0 Å². The number of rotatable bonds is 7. The number of hydrogen-bond donors (Lipinski definition) is 2. The van der Waals surface area contributed by atoms with E-state index >= 15 is 0 Å². The van der Waals surface area contributed by atoms with Gasteiger partial charge in [0.15, 0.2) is 11.5 Å². The molecule has 0 aliphatic carbocycles. The van der Waals surface area contributed by atoms with Crippen molar-refractivity contribution in [3.8, 4) is 11.5 Å². The number of H-pyrrole nitrogens is 1. The van der Waals surface area contributed by atoms with E-state index < -0.39 is 0 Å². The van der Waals surface area contributed by atoms with Crippen LogP contribution in [-0.2, 0) is 6.54 Å². The van der Waals surface area contributed by atoms with Crippen LogP contribution >= 0.6 is 0 Å². The first kappa shape index (κ1) is 15.4. The number of aromatic nitrogens is 2. The topological polar surface area (TPSA) is 59.2 Å². The lowest BCUT2D eigenvalue weighted by atomic mass is 10.1. The summed E-state index contributed by atoms with van der Waals surface area (Å²) < 4.78 is 11.3. The maximum atomic E-state index is 6.02. The summed E-state index contributed by atoms with van der Waals surface area (Å²) in [6, 6.07) is 7.64. The van der Waals surface area contributed by atoms with Gasteiger partial charge in [0.1, 0.15) is 11.8 Å². The molecule has 2 N–H and O–H groups in total. The fourth-order valence-electron chi connectivity index (χ4n) is 2.24. The fraction of sp³-hybridized carbons (Fsp3) is 0.438. The third kappa shape index (κ3) is 3.55. The SMILES string of the molecule is CCNCc1c(C(C)Oc2ccccc2OC)n[nH]c1C. The second-order valence-electron chi connectivity index (χ2n) is 4.90. The summed E-state index contributed by atoms with van der Waals surface area (Å²) in [4.78, 5) is 0. The molecular weight excluding hydrogens is 266 g/mol. The second-order valence-corrected chi connectivity index (χ2v) is 4.90. The molecule has 1 unspecified atom stereocenters. The zero-order chi connectivity index (χ0) is 15.2. The van der Waals surface area contributed by atoms with E-state index in [9.17, 15) is 0 Å². The maximum absolute atomic E-state index is 6.02. The summed E-state index contributed by atoms with van der Waals surface area (Å²) in [5, 5.41) is 10.8. The standard InChI is InChI=1S/C16H23N3O2/c1-5-17-10-13-11(2)18-19-16(13)12(3)21-15-9-7-6-8-14(15)20-4/h6-9,12,17H,5,10H2,1-4H3,(H,18,19). The zero-order valence-corrected chi connectivity index (χ0v) is 13.1. The van der Waals surface area contributed by atoms with Gasteiger partial charge >= 0.3 is 0 Å². The van der Waals surface area contributed by atoms with Gasteiger partial charge in [-0.2, -0.15) is 5.10 Å². The van der Waals surface area contributed by atoms with E-state index in [1.807, 2.05) is 38.1 Å². The van der Waals surface area contributed by atoms with Crippen molar-refractivity contribution in [2.24, 2.45) is 0 Å². The van der Waals surface area contributed by atoms with Crippen LogP contribution in [0.15, 0.2) is 24.3 Å². The molecule has 0 amide bonds. The Balaban J connectivity index is 2.18. The molecule has 1 aromatic heterocycles. The molecule has 0 radical (unpaired) electrons. The lowest BCUT2D eigenvalue weighted by molar-refractivity contribution is 0.210. The molecular formula is C16H23N3O2. The minimum absolute atomic E-state index is 0.153. The van der Waals surface area contributed by atoms with Crippen LogP contribution in [0, 0.1) is 6.92 Å². The summed E-state index contributed by atoms with van der Waals surface area (Å²) in [6.45, 7) is 7.82. The molecule has 5 heteroatoms. The first-order valence-corrected chi connectivity index (χ1v) is 7.21. The van der Waals surface area contributed by atoms with E-state index in [2.05, 4.69) is 22.4 Å². The van der Waals surface area contributed by atoms with E-state index in [1.54, 1.807) is 7.11 Å². The Bertz CT molecular complexity index is 581. The van der Waals surface area contributed by atoms with E-state index in [1.165, 1.54) is 5.56 Å². The molecule has 1 heterocycles. The first-order chi connectivity index (χ1) is 10.2. The van der Waals surface area contributed by atoms with Crippen molar-refractivity contribution in [3.63, 3.8) is 0 Å². The van der Waals surface area contributed by atoms with Crippen molar-refractivity contribution >= 4 is 0 Å². The minimum Gasteiger partial charge on any atom is -0.493 e. The van der Waals surface area contributed by atoms with Gasteiger partial charge in [0.2, 0.25) is 0 Å². The molecule has 0 aliphatic rings. The second kappa shape index (κ2) is 7.13. The average molecular weight is 289 g/mol. The summed E-state index contributed by atoms with van der Waals surface area (Å²) in [5.41, 5.74) is 3.17. The highest BCUT2D eigenvalue weighted by Gasteiger charge is 2.18. The van der Waals surface area contributed by atoms with Crippen molar-refractivity contribution in [1.82, 2.24) is 15.5 Å². The molecule has 2 rings (SSSR count). The van der Waals surface area contributed by atoms with Crippen molar-refractivity contribution in [3.05, 3.63) is 41.2 Å². The monoisotopic (exact) mass is 289 g/mol. The van der Waals surface area contributed by atoms with Gasteiger partial charge in [-0.15, -0.1) is 0 Å². The number of benzene rings is 1. The predicted molar refractivity (Wildman–Crippen MR) is 82.7 cm³/mol. The number of methoxy groups -OCH3 is 1. The van der Waals surface area contributed by atoms with Gasteiger partial charge in [-0.1, -0.05) is 19.1 Å². The molecule has 0 saturated carbocycles. The summed E-state index contributed by atoms with van der Waals surface area (Å²) in [6.07, 6.45) is -0.153.